The number of halogens is 1. The molecule has 5 heteroatoms. The third-order valence-corrected chi connectivity index (χ3v) is 3.87. The number of ether oxygens (including phenoxy) is 2. The molecule has 20 heavy (non-hydrogen) atoms. The maximum atomic E-state index is 8.70. The summed E-state index contributed by atoms with van der Waals surface area (Å²) in [6.07, 6.45) is 4.28. The predicted octanol–water partition coefficient (Wildman–Crippen LogP) is 3.11. The highest BCUT2D eigenvalue weighted by Crippen LogP contribution is 2.33. The zero-order valence-corrected chi connectivity index (χ0v) is 13.8. The van der Waals surface area contributed by atoms with Crippen LogP contribution in [0.4, 0.5) is 0 Å². The molecule has 1 aromatic carbocycles. The molecule has 0 saturated heterocycles. The highest BCUT2D eigenvalue weighted by atomic mass is 79.9. The normalized spacial score (nSPS) is 10.6. The molecule has 0 unspecified atom stereocenters. The van der Waals surface area contributed by atoms with Crippen molar-refractivity contribution in [2.45, 2.75) is 32.2 Å². The van der Waals surface area contributed by atoms with E-state index in [0.29, 0.717) is 6.61 Å². The van der Waals surface area contributed by atoms with Gasteiger partial charge < -0.3 is 19.9 Å². The number of aliphatic hydroxyl groups excluding tert-OH is 1. The predicted molar refractivity (Wildman–Crippen MR) is 84.5 cm³/mol. The molecule has 0 aliphatic rings. The molecule has 0 atom stereocenters. The van der Waals surface area contributed by atoms with Crippen LogP contribution in [0.2, 0.25) is 0 Å². The molecule has 4 nitrogen and oxygen atoms in total. The van der Waals surface area contributed by atoms with Gasteiger partial charge in [0.2, 0.25) is 0 Å². The van der Waals surface area contributed by atoms with Gasteiger partial charge in [-0.05, 0) is 37.1 Å². The Morgan fingerprint density at radius 3 is 2.35 bits per heavy atom. The number of nitrogens with one attached hydrogen (secondary N) is 1. The van der Waals surface area contributed by atoms with Crippen LogP contribution in [0.3, 0.4) is 0 Å². The van der Waals surface area contributed by atoms with Gasteiger partial charge in [-0.2, -0.15) is 0 Å². The van der Waals surface area contributed by atoms with Crippen molar-refractivity contribution in [2.75, 3.05) is 27.4 Å². The van der Waals surface area contributed by atoms with E-state index in [1.165, 1.54) is 0 Å². The van der Waals surface area contributed by atoms with E-state index in [9.17, 15) is 0 Å². The van der Waals surface area contributed by atoms with Crippen LogP contribution in [0.15, 0.2) is 16.6 Å². The van der Waals surface area contributed by atoms with Crippen LogP contribution in [-0.2, 0) is 6.54 Å². The Morgan fingerprint density at radius 2 is 1.70 bits per heavy atom. The number of benzene rings is 1. The largest absolute Gasteiger partial charge is 0.493 e. The fraction of sp³-hybridized carbons (Fsp3) is 0.600. The number of unbranched alkanes of at least 4 members (excludes halogenated alkanes) is 3. The van der Waals surface area contributed by atoms with E-state index in [1.54, 1.807) is 14.2 Å². The minimum atomic E-state index is 0.298. The third-order valence-electron chi connectivity index (χ3n) is 3.13. The van der Waals surface area contributed by atoms with Crippen LogP contribution in [0.1, 0.15) is 31.2 Å². The summed E-state index contributed by atoms with van der Waals surface area (Å²) in [6, 6.07) is 3.92. The highest BCUT2D eigenvalue weighted by molar-refractivity contribution is 9.10. The van der Waals surface area contributed by atoms with E-state index in [2.05, 4.69) is 21.2 Å². The molecule has 0 aliphatic carbocycles. The standard InChI is InChI=1S/C15H24BrNO3/c1-19-14-9-12(13(16)10-15(14)20-2)11-17-7-5-3-4-6-8-18/h9-10,17-18H,3-8,11H2,1-2H3. The highest BCUT2D eigenvalue weighted by Gasteiger charge is 2.09. The second-order valence-corrected chi connectivity index (χ2v) is 5.47. The number of aliphatic hydroxyl groups is 1. The molecule has 0 saturated carbocycles. The Balaban J connectivity index is 2.40. The third kappa shape index (κ3) is 5.69. The van der Waals surface area contributed by atoms with Crippen molar-refractivity contribution in [3.8, 4) is 11.5 Å². The first-order chi connectivity index (χ1) is 9.72. The van der Waals surface area contributed by atoms with Gasteiger partial charge in [0.1, 0.15) is 0 Å². The van der Waals surface area contributed by atoms with Gasteiger partial charge in [-0.1, -0.05) is 28.8 Å². The molecule has 2 N–H and O–H groups in total. The van der Waals surface area contributed by atoms with Gasteiger partial charge in [-0.15, -0.1) is 0 Å². The molecule has 0 amide bonds. The molecule has 0 radical (unpaired) electrons. The second-order valence-electron chi connectivity index (χ2n) is 4.61. The second kappa shape index (κ2) is 10.0. The first-order valence-corrected chi connectivity index (χ1v) is 7.74. The zero-order chi connectivity index (χ0) is 14.8. The van der Waals surface area contributed by atoms with E-state index >= 15 is 0 Å². The fourth-order valence-corrected chi connectivity index (χ4v) is 2.43. The number of methoxy groups -OCH3 is 2. The lowest BCUT2D eigenvalue weighted by atomic mass is 10.2. The van der Waals surface area contributed by atoms with E-state index < -0.39 is 0 Å². The average Bonchev–Trinajstić information content (AvgIpc) is 2.47. The average molecular weight is 346 g/mol. The summed E-state index contributed by atoms with van der Waals surface area (Å²) in [6.45, 7) is 2.07. The van der Waals surface area contributed by atoms with Crippen molar-refractivity contribution in [3.05, 3.63) is 22.2 Å². The van der Waals surface area contributed by atoms with Gasteiger partial charge in [0.15, 0.2) is 11.5 Å². The molecule has 0 aromatic heterocycles. The first-order valence-electron chi connectivity index (χ1n) is 6.95. The maximum Gasteiger partial charge on any atom is 0.161 e. The van der Waals surface area contributed by atoms with Crippen LogP contribution in [0.5, 0.6) is 11.5 Å². The SMILES string of the molecule is COc1cc(Br)c(CNCCCCCCO)cc1OC. The van der Waals surface area contributed by atoms with Gasteiger partial charge in [0.25, 0.3) is 0 Å². The number of hydrogen-bond donors (Lipinski definition) is 2. The van der Waals surface area contributed by atoms with Crippen LogP contribution in [-0.4, -0.2) is 32.5 Å². The van der Waals surface area contributed by atoms with Gasteiger partial charge in [-0.25, -0.2) is 0 Å². The molecular formula is C15H24BrNO3. The molecule has 1 aromatic rings. The first kappa shape index (κ1) is 17.3. The van der Waals surface area contributed by atoms with Crippen molar-refractivity contribution in [1.29, 1.82) is 0 Å². The van der Waals surface area contributed by atoms with Crippen LogP contribution < -0.4 is 14.8 Å². The van der Waals surface area contributed by atoms with Crippen molar-refractivity contribution in [1.82, 2.24) is 5.32 Å². The molecule has 0 heterocycles. The smallest absolute Gasteiger partial charge is 0.161 e. The minimum absolute atomic E-state index is 0.298. The summed E-state index contributed by atoms with van der Waals surface area (Å²) in [5.41, 5.74) is 1.15. The van der Waals surface area contributed by atoms with Crippen molar-refractivity contribution in [3.63, 3.8) is 0 Å². The van der Waals surface area contributed by atoms with Crippen molar-refractivity contribution < 1.29 is 14.6 Å². The lowest BCUT2D eigenvalue weighted by Gasteiger charge is -2.12. The van der Waals surface area contributed by atoms with Crippen molar-refractivity contribution >= 4 is 15.9 Å². The Bertz CT molecular complexity index is 399. The Morgan fingerprint density at radius 1 is 1.05 bits per heavy atom. The van der Waals surface area contributed by atoms with Gasteiger partial charge >= 0.3 is 0 Å². The van der Waals surface area contributed by atoms with Crippen LogP contribution >= 0.6 is 15.9 Å². The number of hydrogen-bond acceptors (Lipinski definition) is 4. The summed E-state index contributed by atoms with van der Waals surface area (Å²) in [7, 11) is 3.28. The Kier molecular flexibility index (Phi) is 8.65. The van der Waals surface area contributed by atoms with Crippen molar-refractivity contribution in [2.24, 2.45) is 0 Å². The molecule has 114 valence electrons. The summed E-state index contributed by atoms with van der Waals surface area (Å²) in [5, 5.41) is 12.1. The summed E-state index contributed by atoms with van der Waals surface area (Å²) >= 11 is 3.55. The molecular weight excluding hydrogens is 322 g/mol. The molecule has 1 rings (SSSR count). The van der Waals surface area contributed by atoms with E-state index in [4.69, 9.17) is 14.6 Å². The van der Waals surface area contributed by atoms with E-state index in [-0.39, 0.29) is 0 Å². The Labute approximate surface area is 129 Å². The number of rotatable bonds is 10. The molecule has 0 spiro atoms. The zero-order valence-electron chi connectivity index (χ0n) is 12.2. The summed E-state index contributed by atoms with van der Waals surface area (Å²) in [5.74, 6) is 1.47. The molecule has 0 aliphatic heterocycles. The van der Waals surface area contributed by atoms with Gasteiger partial charge in [-0.3, -0.25) is 0 Å². The maximum absolute atomic E-state index is 8.70. The fourth-order valence-electron chi connectivity index (χ4n) is 1.97. The topological polar surface area (TPSA) is 50.7 Å². The lowest BCUT2D eigenvalue weighted by molar-refractivity contribution is 0.282. The quantitative estimate of drug-likeness (QED) is 0.639. The minimum Gasteiger partial charge on any atom is -0.493 e. The van der Waals surface area contributed by atoms with Gasteiger partial charge in [0.05, 0.1) is 14.2 Å². The van der Waals surface area contributed by atoms with Crippen LogP contribution in [0.25, 0.3) is 0 Å². The Hall–Kier alpha value is -0.780. The summed E-state index contributed by atoms with van der Waals surface area (Å²) in [4.78, 5) is 0. The van der Waals surface area contributed by atoms with Gasteiger partial charge in [0, 0.05) is 17.6 Å². The van der Waals surface area contributed by atoms with E-state index in [0.717, 1.165) is 60.3 Å². The van der Waals surface area contributed by atoms with E-state index in [1.807, 2.05) is 12.1 Å². The lowest BCUT2D eigenvalue weighted by Crippen LogP contribution is -2.15. The van der Waals surface area contributed by atoms with Crippen LogP contribution in [0, 0.1) is 0 Å². The molecule has 0 bridgehead atoms. The monoisotopic (exact) mass is 345 g/mol. The molecule has 0 fully saturated rings. The summed E-state index contributed by atoms with van der Waals surface area (Å²) < 4.78 is 11.6.